The number of aromatic nitrogens is 1. The number of hydrogen-bond donors (Lipinski definition) is 0. The molecule has 0 aromatic carbocycles. The minimum Gasteiger partial charge on any atom is -0.468 e. The van der Waals surface area contributed by atoms with Gasteiger partial charge in [-0.2, -0.15) is 4.31 Å². The predicted molar refractivity (Wildman–Crippen MR) is 58.5 cm³/mol. The summed E-state index contributed by atoms with van der Waals surface area (Å²) in [6.07, 6.45) is 0. The lowest BCUT2D eigenvalue weighted by Crippen LogP contribution is -2.33. The zero-order valence-electron chi connectivity index (χ0n) is 9.84. The normalized spacial score (nSPS) is 11.8. The Morgan fingerprint density at radius 3 is 2.71 bits per heavy atom. The molecule has 17 heavy (non-hydrogen) atoms. The first-order valence-corrected chi connectivity index (χ1v) is 6.39. The number of rotatable bonds is 5. The first-order chi connectivity index (χ1) is 7.85. The number of carbonyl (C=O) groups is 1. The van der Waals surface area contributed by atoms with Gasteiger partial charge in [-0.1, -0.05) is 5.16 Å². The number of carbonyl (C=O) groups excluding carboxylic acids is 1. The quantitative estimate of drug-likeness (QED) is 0.689. The summed E-state index contributed by atoms with van der Waals surface area (Å²) in [5.74, 6) is -0.393. The molecule has 96 valence electrons. The van der Waals surface area contributed by atoms with Gasteiger partial charge >= 0.3 is 5.97 Å². The molecule has 0 fully saturated rings. The Bertz CT molecular complexity index is 493. The van der Waals surface area contributed by atoms with E-state index in [9.17, 15) is 13.2 Å². The maximum atomic E-state index is 11.8. The second-order valence-corrected chi connectivity index (χ2v) is 5.59. The van der Waals surface area contributed by atoms with Crippen molar-refractivity contribution >= 4 is 16.0 Å². The van der Waals surface area contributed by atoms with Gasteiger partial charge in [0.15, 0.2) is 0 Å². The Morgan fingerprint density at radius 2 is 2.24 bits per heavy atom. The highest BCUT2D eigenvalue weighted by Crippen LogP contribution is 2.09. The van der Waals surface area contributed by atoms with E-state index in [2.05, 4.69) is 9.89 Å². The summed E-state index contributed by atoms with van der Waals surface area (Å²) in [4.78, 5) is 11.0. The van der Waals surface area contributed by atoms with Crippen LogP contribution < -0.4 is 0 Å². The fourth-order valence-electron chi connectivity index (χ4n) is 1.13. The molecule has 0 atom stereocenters. The van der Waals surface area contributed by atoms with E-state index in [0.717, 1.165) is 4.31 Å². The smallest absolute Gasteiger partial charge is 0.320 e. The molecular weight excluding hydrogens is 248 g/mol. The van der Waals surface area contributed by atoms with Crippen LogP contribution >= 0.6 is 0 Å². The molecule has 7 nitrogen and oxygen atoms in total. The van der Waals surface area contributed by atoms with Crippen molar-refractivity contribution in [1.29, 1.82) is 0 Å². The van der Waals surface area contributed by atoms with E-state index in [0.29, 0.717) is 11.5 Å². The Labute approximate surface area is 99.4 Å². The molecule has 0 saturated carbocycles. The standard InChI is InChI=1S/C9H14N2O5S/c1-7-4-8(10-16-7)6-17(13,14)11(2)5-9(12)15-3/h4H,5-6H2,1-3H3. The van der Waals surface area contributed by atoms with Crippen molar-refractivity contribution < 1.29 is 22.5 Å². The fraction of sp³-hybridized carbons (Fsp3) is 0.556. The van der Waals surface area contributed by atoms with Gasteiger partial charge in [-0.3, -0.25) is 4.79 Å². The molecule has 0 radical (unpaired) electrons. The molecule has 8 heteroatoms. The first kappa shape index (κ1) is 13.7. The van der Waals surface area contributed by atoms with Crippen molar-refractivity contribution in [3.63, 3.8) is 0 Å². The van der Waals surface area contributed by atoms with Crippen molar-refractivity contribution in [2.75, 3.05) is 20.7 Å². The van der Waals surface area contributed by atoms with Crippen LogP contribution in [0.25, 0.3) is 0 Å². The number of ether oxygens (including phenoxy) is 1. The van der Waals surface area contributed by atoms with Crippen molar-refractivity contribution in [3.8, 4) is 0 Å². The second-order valence-electron chi connectivity index (χ2n) is 3.52. The maximum Gasteiger partial charge on any atom is 0.320 e. The molecule has 0 unspecified atom stereocenters. The highest BCUT2D eigenvalue weighted by atomic mass is 32.2. The summed E-state index contributed by atoms with van der Waals surface area (Å²) >= 11 is 0. The van der Waals surface area contributed by atoms with Crippen molar-refractivity contribution in [1.82, 2.24) is 9.46 Å². The Kier molecular flexibility index (Phi) is 4.24. The van der Waals surface area contributed by atoms with Gasteiger partial charge in [0.1, 0.15) is 23.8 Å². The zero-order valence-corrected chi connectivity index (χ0v) is 10.7. The molecule has 0 spiro atoms. The average molecular weight is 262 g/mol. The molecule has 0 amide bonds. The van der Waals surface area contributed by atoms with E-state index in [4.69, 9.17) is 4.52 Å². The number of aryl methyl sites for hydroxylation is 1. The third-order valence-electron chi connectivity index (χ3n) is 2.06. The van der Waals surface area contributed by atoms with E-state index in [1.807, 2.05) is 0 Å². The summed E-state index contributed by atoms with van der Waals surface area (Å²) in [5, 5.41) is 3.59. The van der Waals surface area contributed by atoms with Crippen LogP contribution in [-0.4, -0.2) is 44.6 Å². The van der Waals surface area contributed by atoms with Gasteiger partial charge in [-0.05, 0) is 6.92 Å². The van der Waals surface area contributed by atoms with Gasteiger partial charge in [-0.15, -0.1) is 0 Å². The molecule has 0 aliphatic rings. The van der Waals surface area contributed by atoms with Gasteiger partial charge in [0.05, 0.1) is 7.11 Å². The molecule has 1 heterocycles. The van der Waals surface area contributed by atoms with Gasteiger partial charge in [0.25, 0.3) is 0 Å². The number of likely N-dealkylation sites (N-methyl/N-ethyl adjacent to an activating group) is 1. The van der Waals surface area contributed by atoms with Crippen molar-refractivity contribution in [3.05, 3.63) is 17.5 Å². The number of sulfonamides is 1. The number of esters is 1. The summed E-state index contributed by atoms with van der Waals surface area (Å²) in [6, 6.07) is 1.53. The molecule has 0 bridgehead atoms. The predicted octanol–water partition coefficient (Wildman–Crippen LogP) is -0.0824. The second kappa shape index (κ2) is 5.28. The molecule has 1 rings (SSSR count). The van der Waals surface area contributed by atoms with E-state index in [1.54, 1.807) is 6.92 Å². The van der Waals surface area contributed by atoms with E-state index >= 15 is 0 Å². The van der Waals surface area contributed by atoms with Crippen LogP contribution in [0.1, 0.15) is 11.5 Å². The van der Waals surface area contributed by atoms with Crippen molar-refractivity contribution in [2.24, 2.45) is 0 Å². The number of methoxy groups -OCH3 is 1. The Hall–Kier alpha value is -1.41. The third-order valence-corrected chi connectivity index (χ3v) is 3.80. The maximum absolute atomic E-state index is 11.8. The van der Waals surface area contributed by atoms with Gasteiger partial charge in [-0.25, -0.2) is 8.42 Å². The summed E-state index contributed by atoms with van der Waals surface area (Å²) < 4.78 is 33.7. The molecular formula is C9H14N2O5S. The van der Waals surface area contributed by atoms with Crippen LogP contribution in [0, 0.1) is 6.92 Å². The lowest BCUT2D eigenvalue weighted by atomic mass is 10.4. The van der Waals surface area contributed by atoms with E-state index < -0.39 is 16.0 Å². The Morgan fingerprint density at radius 1 is 1.59 bits per heavy atom. The van der Waals surface area contributed by atoms with Gasteiger partial charge in [0, 0.05) is 13.1 Å². The average Bonchev–Trinajstić information content (AvgIpc) is 2.62. The molecule has 1 aromatic heterocycles. The van der Waals surface area contributed by atoms with Crippen molar-refractivity contribution in [2.45, 2.75) is 12.7 Å². The summed E-state index contributed by atoms with van der Waals surface area (Å²) in [5.41, 5.74) is 0.305. The SMILES string of the molecule is COC(=O)CN(C)S(=O)(=O)Cc1cc(C)on1. The molecule has 0 saturated heterocycles. The summed E-state index contributed by atoms with van der Waals surface area (Å²) in [7, 11) is -1.09. The lowest BCUT2D eigenvalue weighted by molar-refractivity contribution is -0.140. The zero-order chi connectivity index (χ0) is 13.1. The highest BCUT2D eigenvalue weighted by molar-refractivity contribution is 7.88. The van der Waals surface area contributed by atoms with Crippen LogP contribution in [0.4, 0.5) is 0 Å². The largest absolute Gasteiger partial charge is 0.468 e. The van der Waals surface area contributed by atoms with Crippen LogP contribution in [0.2, 0.25) is 0 Å². The summed E-state index contributed by atoms with van der Waals surface area (Å²) in [6.45, 7) is 1.34. The molecule has 1 aromatic rings. The highest BCUT2D eigenvalue weighted by Gasteiger charge is 2.22. The molecule has 0 N–H and O–H groups in total. The Balaban J connectivity index is 2.71. The van der Waals surface area contributed by atoms with Crippen LogP contribution in [0.15, 0.2) is 10.6 Å². The fourth-order valence-corrected chi connectivity index (χ4v) is 2.16. The van der Waals surface area contributed by atoms with E-state index in [1.165, 1.54) is 20.2 Å². The third kappa shape index (κ3) is 3.82. The first-order valence-electron chi connectivity index (χ1n) is 4.78. The van der Waals surface area contributed by atoms with Crippen LogP contribution in [0.5, 0.6) is 0 Å². The molecule has 0 aliphatic carbocycles. The number of hydrogen-bond acceptors (Lipinski definition) is 6. The van der Waals surface area contributed by atoms with Crippen LogP contribution in [0.3, 0.4) is 0 Å². The molecule has 0 aliphatic heterocycles. The minimum absolute atomic E-state index is 0.305. The van der Waals surface area contributed by atoms with Gasteiger partial charge in [0.2, 0.25) is 10.0 Å². The lowest BCUT2D eigenvalue weighted by Gasteiger charge is -2.14. The van der Waals surface area contributed by atoms with Gasteiger partial charge < -0.3 is 9.26 Å². The minimum atomic E-state index is -3.60. The topological polar surface area (TPSA) is 89.7 Å². The van der Waals surface area contributed by atoms with Crippen LogP contribution in [-0.2, 0) is 25.3 Å². The van der Waals surface area contributed by atoms with E-state index in [-0.39, 0.29) is 12.3 Å². The monoisotopic (exact) mass is 262 g/mol. The number of nitrogens with zero attached hydrogens (tertiary/aromatic N) is 2.